The van der Waals surface area contributed by atoms with Gasteiger partial charge in [-0.05, 0) is 26.2 Å². The summed E-state index contributed by atoms with van der Waals surface area (Å²) >= 11 is 0. The van der Waals surface area contributed by atoms with Crippen LogP contribution in [0.25, 0.3) is 0 Å². The molecule has 5 heteroatoms. The third-order valence-corrected chi connectivity index (χ3v) is 3.00. The molecule has 3 N–H and O–H groups in total. The zero-order valence-corrected chi connectivity index (χ0v) is 10.6. The lowest BCUT2D eigenvalue weighted by Crippen LogP contribution is -2.28. The third kappa shape index (κ3) is 3.06. The molecule has 1 aromatic rings. The van der Waals surface area contributed by atoms with Gasteiger partial charge in [0, 0.05) is 24.3 Å². The Balaban J connectivity index is 2.18. The number of hydrazine groups is 1. The zero-order valence-electron chi connectivity index (χ0n) is 10.6. The average molecular weight is 235 g/mol. The summed E-state index contributed by atoms with van der Waals surface area (Å²) < 4.78 is 0. The Morgan fingerprint density at radius 3 is 2.82 bits per heavy atom. The number of hydrogen-bond acceptors (Lipinski definition) is 5. The van der Waals surface area contributed by atoms with Gasteiger partial charge in [0.25, 0.3) is 0 Å². The van der Waals surface area contributed by atoms with E-state index in [0.29, 0.717) is 12.0 Å². The first kappa shape index (κ1) is 12.1. The van der Waals surface area contributed by atoms with E-state index in [4.69, 9.17) is 5.84 Å². The predicted octanol–water partition coefficient (Wildman–Crippen LogP) is 1.84. The number of anilines is 2. The molecule has 1 aliphatic carbocycles. The topological polar surface area (TPSA) is 67.1 Å². The van der Waals surface area contributed by atoms with Crippen LogP contribution in [0.2, 0.25) is 0 Å². The lowest BCUT2D eigenvalue weighted by molar-refractivity contribution is 0.703. The number of nitrogens with zero attached hydrogens (tertiary/aromatic N) is 3. The van der Waals surface area contributed by atoms with E-state index >= 15 is 0 Å². The molecule has 2 rings (SSSR count). The third-order valence-electron chi connectivity index (χ3n) is 3.00. The van der Waals surface area contributed by atoms with Gasteiger partial charge in [0.05, 0.1) is 0 Å². The summed E-state index contributed by atoms with van der Waals surface area (Å²) in [6.45, 7) is 5.25. The van der Waals surface area contributed by atoms with E-state index in [-0.39, 0.29) is 0 Å². The van der Waals surface area contributed by atoms with Crippen molar-refractivity contribution in [3.63, 3.8) is 0 Å². The number of nitrogens with one attached hydrogen (secondary N) is 1. The second-order valence-corrected chi connectivity index (χ2v) is 4.61. The van der Waals surface area contributed by atoms with Crippen molar-refractivity contribution in [2.24, 2.45) is 5.84 Å². The molecule has 94 valence electrons. The molecule has 0 bridgehead atoms. The van der Waals surface area contributed by atoms with Crippen molar-refractivity contribution in [1.82, 2.24) is 9.97 Å². The van der Waals surface area contributed by atoms with E-state index in [9.17, 15) is 0 Å². The molecular formula is C12H21N5. The maximum atomic E-state index is 5.39. The summed E-state index contributed by atoms with van der Waals surface area (Å²) in [7, 11) is 0. The van der Waals surface area contributed by atoms with Gasteiger partial charge in [-0.2, -0.15) is 4.98 Å². The number of hydrogen-bond donors (Lipinski definition) is 2. The van der Waals surface area contributed by atoms with Crippen LogP contribution in [0.15, 0.2) is 6.07 Å². The quantitative estimate of drug-likeness (QED) is 0.581. The lowest BCUT2D eigenvalue weighted by Gasteiger charge is -2.23. The highest BCUT2D eigenvalue weighted by atomic mass is 15.3. The summed E-state index contributed by atoms with van der Waals surface area (Å²) in [5, 5.41) is 0. The molecule has 1 heterocycles. The van der Waals surface area contributed by atoms with Crippen LogP contribution < -0.4 is 16.2 Å². The van der Waals surface area contributed by atoms with Crippen LogP contribution in [-0.4, -0.2) is 22.6 Å². The number of aromatic nitrogens is 2. The molecular weight excluding hydrogens is 214 g/mol. The van der Waals surface area contributed by atoms with E-state index < -0.39 is 0 Å². The second-order valence-electron chi connectivity index (χ2n) is 4.61. The Bertz CT molecular complexity index is 375. The van der Waals surface area contributed by atoms with Gasteiger partial charge in [-0.25, -0.2) is 10.8 Å². The largest absolute Gasteiger partial charge is 0.353 e. The van der Waals surface area contributed by atoms with Crippen molar-refractivity contribution in [2.45, 2.75) is 45.6 Å². The minimum absolute atomic E-state index is 0.502. The van der Waals surface area contributed by atoms with Gasteiger partial charge < -0.3 is 4.90 Å². The van der Waals surface area contributed by atoms with Crippen LogP contribution >= 0.6 is 0 Å². The van der Waals surface area contributed by atoms with Crippen LogP contribution in [0.5, 0.6) is 0 Å². The maximum Gasteiger partial charge on any atom is 0.239 e. The predicted molar refractivity (Wildman–Crippen MR) is 69.9 cm³/mol. The highest BCUT2D eigenvalue weighted by Gasteiger charge is 2.29. The first-order valence-electron chi connectivity index (χ1n) is 6.33. The lowest BCUT2D eigenvalue weighted by atomic mass is 10.3. The Hall–Kier alpha value is -1.36. The summed E-state index contributed by atoms with van der Waals surface area (Å²) in [4.78, 5) is 11.1. The van der Waals surface area contributed by atoms with Crippen molar-refractivity contribution in [3.8, 4) is 0 Å². The molecule has 0 spiro atoms. The van der Waals surface area contributed by atoms with Crippen LogP contribution in [0.1, 0.15) is 38.3 Å². The van der Waals surface area contributed by atoms with E-state index in [2.05, 4.69) is 27.2 Å². The van der Waals surface area contributed by atoms with E-state index in [1.165, 1.54) is 25.7 Å². The molecule has 0 radical (unpaired) electrons. The number of nitrogen functional groups attached to an aromatic ring is 1. The minimum Gasteiger partial charge on any atom is -0.353 e. The van der Waals surface area contributed by atoms with Crippen LogP contribution in [0, 0.1) is 6.92 Å². The molecule has 1 aromatic heterocycles. The fourth-order valence-electron chi connectivity index (χ4n) is 1.96. The van der Waals surface area contributed by atoms with Gasteiger partial charge in [0.1, 0.15) is 5.82 Å². The molecule has 0 unspecified atom stereocenters. The normalized spacial score (nSPS) is 14.8. The molecule has 1 fully saturated rings. The smallest absolute Gasteiger partial charge is 0.239 e. The van der Waals surface area contributed by atoms with Gasteiger partial charge in [-0.3, -0.25) is 5.43 Å². The van der Waals surface area contributed by atoms with Crippen molar-refractivity contribution in [3.05, 3.63) is 11.8 Å². The van der Waals surface area contributed by atoms with E-state index in [1.54, 1.807) is 0 Å². The number of rotatable bonds is 6. The monoisotopic (exact) mass is 235 g/mol. The molecule has 17 heavy (non-hydrogen) atoms. The Morgan fingerprint density at radius 1 is 1.47 bits per heavy atom. The van der Waals surface area contributed by atoms with Crippen molar-refractivity contribution >= 4 is 11.8 Å². The minimum atomic E-state index is 0.502. The van der Waals surface area contributed by atoms with Gasteiger partial charge in [0.15, 0.2) is 0 Å². The number of aryl methyl sites for hydroxylation is 1. The Kier molecular flexibility index (Phi) is 3.78. The highest BCUT2D eigenvalue weighted by Crippen LogP contribution is 2.31. The first-order valence-corrected chi connectivity index (χ1v) is 6.33. The standard InChI is InChI=1S/C12H21N5/c1-3-4-7-17(10-5-6-10)11-8-9(2)14-12(15-11)16-13/h8,10H,3-7,13H2,1-2H3,(H,14,15,16). The molecule has 0 saturated heterocycles. The van der Waals surface area contributed by atoms with Crippen LogP contribution in [0.4, 0.5) is 11.8 Å². The van der Waals surface area contributed by atoms with Gasteiger partial charge in [-0.15, -0.1) is 0 Å². The molecule has 0 amide bonds. The average Bonchev–Trinajstić information content (AvgIpc) is 3.13. The molecule has 0 aliphatic heterocycles. The SMILES string of the molecule is CCCCN(c1cc(C)nc(NN)n1)C1CC1. The zero-order chi connectivity index (χ0) is 12.3. The molecule has 1 saturated carbocycles. The molecule has 0 atom stereocenters. The van der Waals surface area contributed by atoms with E-state index in [1.807, 2.05) is 13.0 Å². The first-order chi connectivity index (χ1) is 8.24. The second kappa shape index (κ2) is 5.31. The fourth-order valence-corrected chi connectivity index (χ4v) is 1.96. The summed E-state index contributed by atoms with van der Waals surface area (Å²) in [5.41, 5.74) is 3.48. The van der Waals surface area contributed by atoms with Crippen molar-refractivity contribution < 1.29 is 0 Å². The summed E-state index contributed by atoms with van der Waals surface area (Å²) in [6, 6.07) is 2.70. The molecule has 5 nitrogen and oxygen atoms in total. The van der Waals surface area contributed by atoms with Crippen molar-refractivity contribution in [2.75, 3.05) is 16.9 Å². The van der Waals surface area contributed by atoms with Gasteiger partial charge >= 0.3 is 0 Å². The van der Waals surface area contributed by atoms with E-state index in [0.717, 1.165) is 18.1 Å². The Labute approximate surface area is 102 Å². The van der Waals surface area contributed by atoms with Gasteiger partial charge in [0.2, 0.25) is 5.95 Å². The number of unbranched alkanes of at least 4 members (excludes halogenated alkanes) is 1. The van der Waals surface area contributed by atoms with Crippen molar-refractivity contribution in [1.29, 1.82) is 0 Å². The highest BCUT2D eigenvalue weighted by molar-refractivity contribution is 5.46. The summed E-state index contributed by atoms with van der Waals surface area (Å²) in [6.07, 6.45) is 4.95. The summed E-state index contributed by atoms with van der Waals surface area (Å²) in [5.74, 6) is 6.89. The fraction of sp³-hybridized carbons (Fsp3) is 0.667. The number of nitrogens with two attached hydrogens (primary N) is 1. The maximum absolute atomic E-state index is 5.39. The molecule has 1 aliphatic rings. The van der Waals surface area contributed by atoms with Crippen LogP contribution in [0.3, 0.4) is 0 Å². The van der Waals surface area contributed by atoms with Gasteiger partial charge in [-0.1, -0.05) is 13.3 Å². The molecule has 0 aromatic carbocycles. The Morgan fingerprint density at radius 2 is 2.24 bits per heavy atom. The van der Waals surface area contributed by atoms with Crippen LogP contribution in [-0.2, 0) is 0 Å².